The van der Waals surface area contributed by atoms with Crippen LogP contribution in [-0.4, -0.2) is 37.1 Å². The van der Waals surface area contributed by atoms with Crippen LogP contribution in [0.5, 0.6) is 0 Å². The maximum absolute atomic E-state index is 3.53. The predicted octanol–water partition coefficient (Wildman–Crippen LogP) is 2.64. The number of unbranched alkanes of at least 4 members (excludes halogenated alkanes) is 1. The molecule has 0 spiro atoms. The van der Waals surface area contributed by atoms with Crippen LogP contribution in [0, 0.1) is 5.92 Å². The third-order valence-electron chi connectivity index (χ3n) is 4.09. The van der Waals surface area contributed by atoms with Gasteiger partial charge in [-0.2, -0.15) is 0 Å². The van der Waals surface area contributed by atoms with Crippen LogP contribution in [0.3, 0.4) is 0 Å². The summed E-state index contributed by atoms with van der Waals surface area (Å²) in [6, 6.07) is 0.961. The fraction of sp³-hybridized carbons (Fsp3) is 1.00. The molecule has 1 saturated heterocycles. The van der Waals surface area contributed by atoms with E-state index in [4.69, 9.17) is 0 Å². The fourth-order valence-electron chi connectivity index (χ4n) is 2.80. The lowest BCUT2D eigenvalue weighted by atomic mass is 9.96. The summed E-state index contributed by atoms with van der Waals surface area (Å²) in [5.41, 5.74) is 0. The Hall–Kier alpha value is -0.0800. The lowest BCUT2D eigenvalue weighted by Gasteiger charge is -2.27. The first-order valence-electron chi connectivity index (χ1n) is 7.35. The third-order valence-corrected chi connectivity index (χ3v) is 4.09. The van der Waals surface area contributed by atoms with Crippen LogP contribution in [0.15, 0.2) is 0 Å². The van der Waals surface area contributed by atoms with E-state index in [1.165, 1.54) is 71.1 Å². The minimum atomic E-state index is 0.955. The number of nitrogens with zero attached hydrogens (tertiary/aromatic N) is 1. The van der Waals surface area contributed by atoms with Crippen molar-refractivity contribution in [2.75, 3.05) is 26.2 Å². The Morgan fingerprint density at radius 3 is 2.69 bits per heavy atom. The number of piperidine rings is 1. The van der Waals surface area contributed by atoms with Gasteiger partial charge in [0.15, 0.2) is 0 Å². The molecule has 2 fully saturated rings. The van der Waals surface area contributed by atoms with Crippen LogP contribution in [0.4, 0.5) is 0 Å². The molecular weight excluding hydrogens is 196 g/mol. The Morgan fingerprint density at radius 1 is 1.19 bits per heavy atom. The summed E-state index contributed by atoms with van der Waals surface area (Å²) in [4.78, 5) is 2.76. The Kier molecular flexibility index (Phi) is 5.11. The highest BCUT2D eigenvalue weighted by Gasteiger charge is 2.28. The molecule has 2 rings (SSSR count). The van der Waals surface area contributed by atoms with Gasteiger partial charge in [-0.15, -0.1) is 0 Å². The smallest absolute Gasteiger partial charge is 0.00964 e. The van der Waals surface area contributed by atoms with Gasteiger partial charge in [-0.1, -0.05) is 13.3 Å². The maximum atomic E-state index is 3.53. The SMILES string of the molecule is CCCCN(CCC1CCCNC1)C1CC1. The zero-order valence-electron chi connectivity index (χ0n) is 10.9. The number of rotatable bonds is 7. The van der Waals surface area contributed by atoms with Crippen molar-refractivity contribution in [2.45, 2.75) is 57.9 Å². The van der Waals surface area contributed by atoms with E-state index < -0.39 is 0 Å². The summed E-state index contributed by atoms with van der Waals surface area (Å²) in [5, 5.41) is 3.53. The minimum absolute atomic E-state index is 0.955. The van der Waals surface area contributed by atoms with Crippen molar-refractivity contribution >= 4 is 0 Å². The third kappa shape index (κ3) is 4.06. The van der Waals surface area contributed by atoms with E-state index in [0.717, 1.165) is 12.0 Å². The first-order chi connectivity index (χ1) is 7.90. The predicted molar refractivity (Wildman–Crippen MR) is 69.7 cm³/mol. The summed E-state index contributed by atoms with van der Waals surface area (Å²) in [7, 11) is 0. The molecule has 1 unspecified atom stereocenters. The summed E-state index contributed by atoms with van der Waals surface area (Å²) in [6.45, 7) is 7.53. The normalized spacial score (nSPS) is 26.2. The Bertz CT molecular complexity index is 183. The number of hydrogen-bond donors (Lipinski definition) is 1. The second-order valence-corrected chi connectivity index (χ2v) is 5.62. The number of nitrogens with one attached hydrogen (secondary N) is 1. The van der Waals surface area contributed by atoms with Gasteiger partial charge in [-0.3, -0.25) is 0 Å². The quantitative estimate of drug-likeness (QED) is 0.715. The van der Waals surface area contributed by atoms with E-state index in [2.05, 4.69) is 17.1 Å². The molecule has 1 heterocycles. The van der Waals surface area contributed by atoms with Crippen molar-refractivity contribution in [3.05, 3.63) is 0 Å². The highest BCUT2D eigenvalue weighted by atomic mass is 15.2. The van der Waals surface area contributed by atoms with Crippen LogP contribution in [0.25, 0.3) is 0 Å². The summed E-state index contributed by atoms with van der Waals surface area (Å²) < 4.78 is 0. The van der Waals surface area contributed by atoms with Crippen molar-refractivity contribution in [3.63, 3.8) is 0 Å². The van der Waals surface area contributed by atoms with Gasteiger partial charge >= 0.3 is 0 Å². The average Bonchev–Trinajstić information content (AvgIpc) is 3.15. The van der Waals surface area contributed by atoms with Gasteiger partial charge in [0.25, 0.3) is 0 Å². The van der Waals surface area contributed by atoms with Gasteiger partial charge in [0, 0.05) is 6.04 Å². The topological polar surface area (TPSA) is 15.3 Å². The molecule has 2 nitrogen and oxygen atoms in total. The molecule has 1 aliphatic heterocycles. The van der Waals surface area contributed by atoms with Crippen LogP contribution < -0.4 is 5.32 Å². The lowest BCUT2D eigenvalue weighted by Crippen LogP contribution is -2.34. The molecule has 2 heteroatoms. The highest BCUT2D eigenvalue weighted by Crippen LogP contribution is 2.28. The van der Waals surface area contributed by atoms with Crippen LogP contribution in [0.2, 0.25) is 0 Å². The van der Waals surface area contributed by atoms with Crippen LogP contribution >= 0.6 is 0 Å². The van der Waals surface area contributed by atoms with Crippen molar-refractivity contribution in [3.8, 4) is 0 Å². The Morgan fingerprint density at radius 2 is 2.06 bits per heavy atom. The van der Waals surface area contributed by atoms with Crippen molar-refractivity contribution in [1.82, 2.24) is 10.2 Å². The summed E-state index contributed by atoms with van der Waals surface area (Å²) in [6.07, 6.45) is 9.93. The first kappa shape index (κ1) is 12.4. The van der Waals surface area contributed by atoms with Crippen molar-refractivity contribution in [1.29, 1.82) is 0 Å². The molecule has 16 heavy (non-hydrogen) atoms. The number of hydrogen-bond acceptors (Lipinski definition) is 2. The molecule has 1 N–H and O–H groups in total. The molecule has 94 valence electrons. The second-order valence-electron chi connectivity index (χ2n) is 5.62. The molecule has 1 saturated carbocycles. The van der Waals surface area contributed by atoms with Gasteiger partial charge in [0.05, 0.1) is 0 Å². The standard InChI is InChI=1S/C14H28N2/c1-2-3-10-16(14-6-7-14)11-8-13-5-4-9-15-12-13/h13-15H,2-12H2,1H3. The first-order valence-corrected chi connectivity index (χ1v) is 7.35. The molecule has 0 aromatic heterocycles. The van der Waals surface area contributed by atoms with Gasteiger partial charge in [-0.25, -0.2) is 0 Å². The van der Waals surface area contributed by atoms with Gasteiger partial charge < -0.3 is 10.2 Å². The van der Waals surface area contributed by atoms with Crippen molar-refractivity contribution < 1.29 is 0 Å². The molecule has 0 radical (unpaired) electrons. The van der Waals surface area contributed by atoms with E-state index in [1.807, 2.05) is 0 Å². The fourth-order valence-corrected chi connectivity index (χ4v) is 2.80. The molecule has 0 bridgehead atoms. The summed E-state index contributed by atoms with van der Waals surface area (Å²) >= 11 is 0. The summed E-state index contributed by atoms with van der Waals surface area (Å²) in [5.74, 6) is 0.955. The van der Waals surface area contributed by atoms with Gasteiger partial charge in [0.2, 0.25) is 0 Å². The molecule has 0 amide bonds. The molecule has 0 aromatic carbocycles. The zero-order chi connectivity index (χ0) is 11.2. The van der Waals surface area contributed by atoms with Gasteiger partial charge in [0.1, 0.15) is 0 Å². The zero-order valence-corrected chi connectivity index (χ0v) is 10.9. The highest BCUT2D eigenvalue weighted by molar-refractivity contribution is 4.85. The van der Waals surface area contributed by atoms with E-state index in [-0.39, 0.29) is 0 Å². The molecule has 1 atom stereocenters. The van der Waals surface area contributed by atoms with E-state index in [1.54, 1.807) is 0 Å². The molecule has 0 aromatic rings. The van der Waals surface area contributed by atoms with E-state index in [0.29, 0.717) is 0 Å². The minimum Gasteiger partial charge on any atom is -0.316 e. The van der Waals surface area contributed by atoms with Crippen molar-refractivity contribution in [2.24, 2.45) is 5.92 Å². The monoisotopic (exact) mass is 224 g/mol. The molecule has 2 aliphatic rings. The van der Waals surface area contributed by atoms with E-state index in [9.17, 15) is 0 Å². The largest absolute Gasteiger partial charge is 0.316 e. The van der Waals surface area contributed by atoms with Crippen LogP contribution in [0.1, 0.15) is 51.9 Å². The molecule has 1 aliphatic carbocycles. The second kappa shape index (κ2) is 6.61. The maximum Gasteiger partial charge on any atom is 0.00964 e. The van der Waals surface area contributed by atoms with Gasteiger partial charge in [-0.05, 0) is 70.6 Å². The van der Waals surface area contributed by atoms with Crippen LogP contribution in [-0.2, 0) is 0 Å². The lowest BCUT2D eigenvalue weighted by molar-refractivity contribution is 0.226. The Balaban J connectivity index is 1.64. The molecular formula is C14H28N2. The average molecular weight is 224 g/mol. The Labute approximate surface area is 101 Å². The van der Waals surface area contributed by atoms with E-state index >= 15 is 0 Å².